The second-order valence-corrected chi connectivity index (χ2v) is 3.32. The molecule has 1 heterocycles. The Morgan fingerprint density at radius 2 is 2.12 bits per heavy atom. The molecule has 0 bridgehead atoms. The topological polar surface area (TPSA) is 39.9 Å². The minimum Gasteiger partial charge on any atom is -0.487 e. The SMILES string of the molecule is C=CCn1cc(COc2ccccc2)nn1. The standard InChI is InChI=1S/C12H13N3O/c1-2-8-15-9-11(13-14-15)10-16-12-6-4-3-5-7-12/h2-7,9H,1,8,10H2. The number of nitrogens with zero attached hydrogens (tertiary/aromatic N) is 3. The second kappa shape index (κ2) is 5.11. The minimum absolute atomic E-state index is 0.432. The molecule has 0 aliphatic rings. The normalized spacial score (nSPS) is 10.0. The molecule has 0 aliphatic heterocycles. The van der Waals surface area contributed by atoms with Crippen LogP contribution in [0.5, 0.6) is 5.75 Å². The number of allylic oxidation sites excluding steroid dienone is 1. The first-order valence-electron chi connectivity index (χ1n) is 5.06. The molecule has 4 nitrogen and oxygen atoms in total. The molecule has 82 valence electrons. The molecule has 0 aliphatic carbocycles. The quantitative estimate of drug-likeness (QED) is 0.716. The third kappa shape index (κ3) is 2.70. The molecule has 1 aromatic heterocycles. The molecule has 16 heavy (non-hydrogen) atoms. The molecule has 0 unspecified atom stereocenters. The van der Waals surface area contributed by atoms with Crippen LogP contribution in [0, 0.1) is 0 Å². The maximum atomic E-state index is 5.54. The van der Waals surface area contributed by atoms with E-state index in [1.807, 2.05) is 36.5 Å². The number of para-hydroxylation sites is 1. The zero-order valence-corrected chi connectivity index (χ0v) is 8.91. The maximum Gasteiger partial charge on any atom is 0.134 e. The Morgan fingerprint density at radius 3 is 2.88 bits per heavy atom. The third-order valence-electron chi connectivity index (χ3n) is 2.03. The van der Waals surface area contributed by atoms with Crippen molar-refractivity contribution in [1.29, 1.82) is 0 Å². The summed E-state index contributed by atoms with van der Waals surface area (Å²) in [4.78, 5) is 0. The van der Waals surface area contributed by atoms with Gasteiger partial charge in [0, 0.05) is 0 Å². The molecule has 1 aromatic carbocycles. The molecule has 0 saturated carbocycles. The number of rotatable bonds is 5. The van der Waals surface area contributed by atoms with Crippen molar-refractivity contribution in [2.75, 3.05) is 0 Å². The van der Waals surface area contributed by atoms with Gasteiger partial charge in [-0.15, -0.1) is 11.7 Å². The lowest BCUT2D eigenvalue weighted by atomic mass is 10.3. The average Bonchev–Trinajstić information content (AvgIpc) is 2.76. The molecule has 0 fully saturated rings. The lowest BCUT2D eigenvalue weighted by Crippen LogP contribution is -1.95. The summed E-state index contributed by atoms with van der Waals surface area (Å²) in [5.41, 5.74) is 0.811. The molecule has 0 N–H and O–H groups in total. The van der Waals surface area contributed by atoms with Gasteiger partial charge >= 0.3 is 0 Å². The molecule has 0 spiro atoms. The Balaban J connectivity index is 1.92. The number of hydrogen-bond donors (Lipinski definition) is 0. The van der Waals surface area contributed by atoms with E-state index in [0.29, 0.717) is 13.2 Å². The van der Waals surface area contributed by atoms with Gasteiger partial charge in [-0.3, -0.25) is 0 Å². The number of ether oxygens (including phenoxy) is 1. The molecular weight excluding hydrogens is 202 g/mol. The van der Waals surface area contributed by atoms with Crippen LogP contribution >= 0.6 is 0 Å². The van der Waals surface area contributed by atoms with Crippen molar-refractivity contribution in [3.63, 3.8) is 0 Å². The summed E-state index contributed by atoms with van der Waals surface area (Å²) in [6.45, 7) is 4.74. The number of hydrogen-bond acceptors (Lipinski definition) is 3. The smallest absolute Gasteiger partial charge is 0.134 e. The Morgan fingerprint density at radius 1 is 1.31 bits per heavy atom. The average molecular weight is 215 g/mol. The summed E-state index contributed by atoms with van der Waals surface area (Å²) in [5, 5.41) is 7.92. The Bertz CT molecular complexity index is 450. The van der Waals surface area contributed by atoms with Gasteiger partial charge in [-0.2, -0.15) is 0 Å². The van der Waals surface area contributed by atoms with Crippen LogP contribution in [0.1, 0.15) is 5.69 Å². The van der Waals surface area contributed by atoms with Gasteiger partial charge in [-0.05, 0) is 12.1 Å². The van der Waals surface area contributed by atoms with E-state index >= 15 is 0 Å². The summed E-state index contributed by atoms with van der Waals surface area (Å²) in [5.74, 6) is 0.834. The monoisotopic (exact) mass is 215 g/mol. The second-order valence-electron chi connectivity index (χ2n) is 3.32. The van der Waals surface area contributed by atoms with Crippen LogP contribution in [0.25, 0.3) is 0 Å². The van der Waals surface area contributed by atoms with Crippen LogP contribution in [0.15, 0.2) is 49.2 Å². The Labute approximate surface area is 94.2 Å². The lowest BCUT2D eigenvalue weighted by Gasteiger charge is -2.02. The zero-order chi connectivity index (χ0) is 11.2. The van der Waals surface area contributed by atoms with E-state index in [1.54, 1.807) is 10.8 Å². The van der Waals surface area contributed by atoms with Gasteiger partial charge < -0.3 is 4.74 Å². The van der Waals surface area contributed by atoms with E-state index in [0.717, 1.165) is 11.4 Å². The van der Waals surface area contributed by atoms with Gasteiger partial charge in [0.25, 0.3) is 0 Å². The first kappa shape index (κ1) is 10.4. The van der Waals surface area contributed by atoms with Crippen molar-refractivity contribution in [3.05, 3.63) is 54.9 Å². The van der Waals surface area contributed by atoms with E-state index in [9.17, 15) is 0 Å². The van der Waals surface area contributed by atoms with Crippen molar-refractivity contribution in [1.82, 2.24) is 15.0 Å². The Hall–Kier alpha value is -2.10. The first-order chi connectivity index (χ1) is 7.88. The van der Waals surface area contributed by atoms with E-state index in [2.05, 4.69) is 16.9 Å². The van der Waals surface area contributed by atoms with Crippen molar-refractivity contribution < 1.29 is 4.74 Å². The molecule has 0 saturated heterocycles. The van der Waals surface area contributed by atoms with Crippen LogP contribution in [0.4, 0.5) is 0 Å². The molecule has 0 radical (unpaired) electrons. The third-order valence-corrected chi connectivity index (χ3v) is 2.03. The van der Waals surface area contributed by atoms with E-state index < -0.39 is 0 Å². The van der Waals surface area contributed by atoms with Gasteiger partial charge in [0.05, 0.1) is 12.7 Å². The van der Waals surface area contributed by atoms with Gasteiger partial charge in [0.15, 0.2) is 0 Å². The van der Waals surface area contributed by atoms with Gasteiger partial charge in [0.2, 0.25) is 0 Å². The van der Waals surface area contributed by atoms with Crippen LogP contribution < -0.4 is 4.74 Å². The van der Waals surface area contributed by atoms with E-state index in [4.69, 9.17) is 4.74 Å². The van der Waals surface area contributed by atoms with Crippen molar-refractivity contribution in [3.8, 4) is 5.75 Å². The highest BCUT2D eigenvalue weighted by atomic mass is 16.5. The van der Waals surface area contributed by atoms with Crippen molar-refractivity contribution >= 4 is 0 Å². The predicted molar refractivity (Wildman–Crippen MR) is 61.0 cm³/mol. The molecule has 2 rings (SSSR count). The molecule has 0 atom stereocenters. The summed E-state index contributed by atoms with van der Waals surface area (Å²) in [7, 11) is 0. The van der Waals surface area contributed by atoms with Crippen LogP contribution in [0.2, 0.25) is 0 Å². The Kier molecular flexibility index (Phi) is 3.33. The summed E-state index contributed by atoms with van der Waals surface area (Å²) >= 11 is 0. The lowest BCUT2D eigenvalue weighted by molar-refractivity contribution is 0.301. The minimum atomic E-state index is 0.432. The highest BCUT2D eigenvalue weighted by molar-refractivity contribution is 5.21. The van der Waals surface area contributed by atoms with Crippen LogP contribution in [-0.2, 0) is 13.2 Å². The molecule has 4 heteroatoms. The van der Waals surface area contributed by atoms with Crippen LogP contribution in [-0.4, -0.2) is 15.0 Å². The summed E-state index contributed by atoms with van der Waals surface area (Å²) in [6.07, 6.45) is 3.63. The maximum absolute atomic E-state index is 5.54. The highest BCUT2D eigenvalue weighted by Crippen LogP contribution is 2.10. The number of aromatic nitrogens is 3. The fourth-order valence-electron chi connectivity index (χ4n) is 1.30. The van der Waals surface area contributed by atoms with Gasteiger partial charge in [-0.25, -0.2) is 4.68 Å². The first-order valence-corrected chi connectivity index (χ1v) is 5.06. The van der Waals surface area contributed by atoms with Gasteiger partial charge in [0.1, 0.15) is 18.1 Å². The summed E-state index contributed by atoms with van der Waals surface area (Å²) < 4.78 is 7.26. The van der Waals surface area contributed by atoms with Crippen LogP contribution in [0.3, 0.4) is 0 Å². The fourth-order valence-corrected chi connectivity index (χ4v) is 1.30. The number of benzene rings is 1. The van der Waals surface area contributed by atoms with E-state index in [-0.39, 0.29) is 0 Å². The molecular formula is C12H13N3O. The van der Waals surface area contributed by atoms with Crippen molar-refractivity contribution in [2.24, 2.45) is 0 Å². The largest absolute Gasteiger partial charge is 0.487 e. The van der Waals surface area contributed by atoms with Crippen molar-refractivity contribution in [2.45, 2.75) is 13.2 Å². The fraction of sp³-hybridized carbons (Fsp3) is 0.167. The summed E-state index contributed by atoms with van der Waals surface area (Å²) in [6, 6.07) is 9.64. The zero-order valence-electron chi connectivity index (χ0n) is 8.91. The van der Waals surface area contributed by atoms with E-state index in [1.165, 1.54) is 0 Å². The van der Waals surface area contributed by atoms with Gasteiger partial charge in [-0.1, -0.05) is 29.5 Å². The molecule has 0 amide bonds. The molecule has 2 aromatic rings. The predicted octanol–water partition coefficient (Wildman–Crippen LogP) is 2.04. The highest BCUT2D eigenvalue weighted by Gasteiger charge is 2.00.